The first-order valence-corrected chi connectivity index (χ1v) is 4.50. The summed E-state index contributed by atoms with van der Waals surface area (Å²) in [5.74, 6) is -0.342. The van der Waals surface area contributed by atoms with E-state index in [-0.39, 0.29) is 18.0 Å². The molecule has 3 heteroatoms. The van der Waals surface area contributed by atoms with E-state index in [1.807, 2.05) is 6.92 Å². The molecule has 0 saturated carbocycles. The van der Waals surface area contributed by atoms with Crippen molar-refractivity contribution in [1.82, 2.24) is 0 Å². The van der Waals surface area contributed by atoms with Gasteiger partial charge in [0.25, 0.3) is 0 Å². The van der Waals surface area contributed by atoms with Gasteiger partial charge in [-0.15, -0.1) is 0 Å². The normalized spacial score (nSPS) is 46.7. The molecule has 0 aromatic rings. The second-order valence-corrected chi connectivity index (χ2v) is 3.77. The van der Waals surface area contributed by atoms with Crippen molar-refractivity contribution in [2.24, 2.45) is 0 Å². The van der Waals surface area contributed by atoms with Crippen molar-refractivity contribution < 1.29 is 14.3 Å². The molecule has 2 heterocycles. The van der Waals surface area contributed by atoms with E-state index >= 15 is 0 Å². The third kappa shape index (κ3) is 1.17. The average Bonchev–Trinajstić information content (AvgIpc) is 2.20. The van der Waals surface area contributed by atoms with Gasteiger partial charge in [0.05, 0.1) is 18.6 Å². The van der Waals surface area contributed by atoms with E-state index in [9.17, 15) is 4.79 Å². The zero-order chi connectivity index (χ0) is 8.77. The maximum Gasteiger partial charge on any atom is 0.173 e. The van der Waals surface area contributed by atoms with Crippen molar-refractivity contribution in [2.45, 2.75) is 51.1 Å². The van der Waals surface area contributed by atoms with Crippen LogP contribution in [-0.4, -0.2) is 23.8 Å². The Labute approximate surface area is 72.0 Å². The van der Waals surface area contributed by atoms with Gasteiger partial charge in [-0.2, -0.15) is 0 Å². The molecule has 2 aliphatic heterocycles. The molecule has 0 N–H and O–H groups in total. The lowest BCUT2D eigenvalue weighted by Gasteiger charge is -2.26. The van der Waals surface area contributed by atoms with E-state index in [0.717, 1.165) is 6.42 Å². The van der Waals surface area contributed by atoms with Crippen molar-refractivity contribution in [1.29, 1.82) is 0 Å². The Bertz CT molecular complexity index is 214. The van der Waals surface area contributed by atoms with Crippen molar-refractivity contribution in [3.63, 3.8) is 0 Å². The third-order valence-electron chi connectivity index (χ3n) is 2.57. The minimum atomic E-state index is -0.610. The second kappa shape index (κ2) is 2.54. The van der Waals surface area contributed by atoms with Gasteiger partial charge in [0.1, 0.15) is 5.78 Å². The van der Waals surface area contributed by atoms with Crippen molar-refractivity contribution in [3.05, 3.63) is 0 Å². The lowest BCUT2D eigenvalue weighted by molar-refractivity contribution is -0.183. The largest absolute Gasteiger partial charge is 0.344 e. The Morgan fingerprint density at radius 1 is 1.58 bits per heavy atom. The van der Waals surface area contributed by atoms with Gasteiger partial charge in [0.15, 0.2) is 5.79 Å². The quantitative estimate of drug-likeness (QED) is 0.594. The number of rotatable bonds is 1. The van der Waals surface area contributed by atoms with Crippen molar-refractivity contribution in [2.75, 3.05) is 0 Å². The van der Waals surface area contributed by atoms with Gasteiger partial charge in [0.2, 0.25) is 0 Å². The van der Waals surface area contributed by atoms with Crippen LogP contribution in [0.2, 0.25) is 0 Å². The zero-order valence-corrected chi connectivity index (χ0v) is 7.50. The molecule has 0 unspecified atom stereocenters. The molecule has 3 nitrogen and oxygen atoms in total. The highest BCUT2D eigenvalue weighted by molar-refractivity contribution is 5.80. The smallest absolute Gasteiger partial charge is 0.173 e. The Kier molecular flexibility index (Phi) is 1.73. The highest BCUT2D eigenvalue weighted by Crippen LogP contribution is 2.38. The number of carbonyl (C=O) groups excluding carboxylic acids is 1. The predicted octanol–water partition coefficient (Wildman–Crippen LogP) is 1.26. The number of Topliss-reactive ketones (excluding diaryl/α,β-unsaturated/α-hetero) is 1. The second-order valence-electron chi connectivity index (χ2n) is 3.77. The Morgan fingerprint density at radius 3 is 3.00 bits per heavy atom. The average molecular weight is 170 g/mol. The van der Waals surface area contributed by atoms with E-state index in [2.05, 4.69) is 6.92 Å². The highest BCUT2D eigenvalue weighted by atomic mass is 16.8. The molecule has 0 amide bonds. The number of ketones is 1. The van der Waals surface area contributed by atoms with Gasteiger partial charge >= 0.3 is 0 Å². The predicted molar refractivity (Wildman–Crippen MR) is 42.7 cm³/mol. The van der Waals surface area contributed by atoms with Crippen LogP contribution >= 0.6 is 0 Å². The number of hydrogen-bond acceptors (Lipinski definition) is 3. The van der Waals surface area contributed by atoms with Crippen LogP contribution in [0.5, 0.6) is 0 Å². The molecule has 0 aromatic heterocycles. The standard InChI is InChI=1S/C9H14O3/c1-3-7-8-4-6(10)5-9(2,11-7)12-8/h7-8H,3-5H2,1-2H3/t7-,8-,9+/m1/s1. The molecule has 0 aliphatic carbocycles. The van der Waals surface area contributed by atoms with Gasteiger partial charge in [-0.3, -0.25) is 4.79 Å². The highest BCUT2D eigenvalue weighted by Gasteiger charge is 2.49. The number of carbonyl (C=O) groups is 1. The van der Waals surface area contributed by atoms with Gasteiger partial charge < -0.3 is 9.47 Å². The zero-order valence-electron chi connectivity index (χ0n) is 7.50. The Hall–Kier alpha value is -0.410. The molecular formula is C9H14O3. The summed E-state index contributed by atoms with van der Waals surface area (Å²) in [5.41, 5.74) is 0. The first-order chi connectivity index (χ1) is 5.63. The molecule has 0 aromatic carbocycles. The third-order valence-corrected chi connectivity index (χ3v) is 2.57. The van der Waals surface area contributed by atoms with Crippen LogP contribution in [-0.2, 0) is 14.3 Å². The summed E-state index contributed by atoms with van der Waals surface area (Å²) in [7, 11) is 0. The summed E-state index contributed by atoms with van der Waals surface area (Å²) in [6.07, 6.45) is 2.02. The summed E-state index contributed by atoms with van der Waals surface area (Å²) in [5, 5.41) is 0. The summed E-state index contributed by atoms with van der Waals surface area (Å²) >= 11 is 0. The Morgan fingerprint density at radius 2 is 2.33 bits per heavy atom. The van der Waals surface area contributed by atoms with E-state index in [1.165, 1.54) is 0 Å². The van der Waals surface area contributed by atoms with Gasteiger partial charge in [0, 0.05) is 6.42 Å². The van der Waals surface area contributed by atoms with Crippen molar-refractivity contribution >= 4 is 5.78 Å². The molecular weight excluding hydrogens is 156 g/mol. The van der Waals surface area contributed by atoms with Crippen LogP contribution in [0, 0.1) is 0 Å². The van der Waals surface area contributed by atoms with E-state index in [1.54, 1.807) is 0 Å². The first kappa shape index (κ1) is 8.20. The van der Waals surface area contributed by atoms with Crippen LogP contribution in [0.1, 0.15) is 33.1 Å². The van der Waals surface area contributed by atoms with E-state index < -0.39 is 5.79 Å². The summed E-state index contributed by atoms with van der Waals surface area (Å²) < 4.78 is 11.3. The van der Waals surface area contributed by atoms with Crippen molar-refractivity contribution in [3.8, 4) is 0 Å². The van der Waals surface area contributed by atoms with Crippen LogP contribution < -0.4 is 0 Å². The molecule has 2 rings (SSSR count). The van der Waals surface area contributed by atoms with Gasteiger partial charge in [-0.25, -0.2) is 0 Å². The molecule has 12 heavy (non-hydrogen) atoms. The van der Waals surface area contributed by atoms with Crippen LogP contribution in [0.4, 0.5) is 0 Å². The molecule has 2 fully saturated rings. The molecule has 0 radical (unpaired) electrons. The summed E-state index contributed by atoms with van der Waals surface area (Å²) in [4.78, 5) is 11.2. The monoisotopic (exact) mass is 170 g/mol. The topological polar surface area (TPSA) is 35.5 Å². The molecule has 68 valence electrons. The summed E-state index contributed by atoms with van der Waals surface area (Å²) in [6, 6.07) is 0. The minimum Gasteiger partial charge on any atom is -0.344 e. The lowest BCUT2D eigenvalue weighted by Crippen LogP contribution is -2.35. The van der Waals surface area contributed by atoms with Crippen LogP contribution in [0.3, 0.4) is 0 Å². The van der Waals surface area contributed by atoms with Crippen LogP contribution in [0.15, 0.2) is 0 Å². The van der Waals surface area contributed by atoms with Gasteiger partial charge in [-0.05, 0) is 13.3 Å². The fourth-order valence-corrected chi connectivity index (χ4v) is 2.08. The molecule has 0 spiro atoms. The maximum absolute atomic E-state index is 11.2. The first-order valence-electron chi connectivity index (χ1n) is 4.50. The van der Waals surface area contributed by atoms with E-state index in [0.29, 0.717) is 12.8 Å². The van der Waals surface area contributed by atoms with E-state index in [4.69, 9.17) is 9.47 Å². The van der Waals surface area contributed by atoms with Crippen LogP contribution in [0.25, 0.3) is 0 Å². The maximum atomic E-state index is 11.2. The molecule has 2 bridgehead atoms. The fourth-order valence-electron chi connectivity index (χ4n) is 2.08. The van der Waals surface area contributed by atoms with Gasteiger partial charge in [-0.1, -0.05) is 6.92 Å². The fraction of sp³-hybridized carbons (Fsp3) is 0.889. The SMILES string of the molecule is CC[C@H]1O[C@]2(C)CC(=O)C[C@H]1O2. The molecule has 2 aliphatic rings. The number of hydrogen-bond donors (Lipinski definition) is 0. The number of ether oxygens (including phenoxy) is 2. The number of fused-ring (bicyclic) bond motifs is 2. The lowest BCUT2D eigenvalue weighted by atomic mass is 10.0. The summed E-state index contributed by atoms with van der Waals surface area (Å²) in [6.45, 7) is 3.91. The Balaban J connectivity index is 2.18. The minimum absolute atomic E-state index is 0.0150. The molecule has 3 atom stereocenters. The molecule has 2 saturated heterocycles.